The second-order valence-corrected chi connectivity index (χ2v) is 6.54. The highest BCUT2D eigenvalue weighted by Gasteiger charge is 2.33. The number of ether oxygens (including phenoxy) is 1. The average Bonchev–Trinajstić information content (AvgIpc) is 2.94. The molecule has 0 N–H and O–H groups in total. The van der Waals surface area contributed by atoms with E-state index in [1.165, 1.54) is 0 Å². The number of carbonyl (C=O) groups excluding carboxylic acids is 2. The van der Waals surface area contributed by atoms with E-state index >= 15 is 0 Å². The molecule has 2 saturated heterocycles. The molecule has 0 saturated carbocycles. The Kier molecular flexibility index (Phi) is 4.61. The predicted molar refractivity (Wildman–Crippen MR) is 81.8 cm³/mol. The minimum atomic E-state index is -0.105. The molecule has 1 aromatic heterocycles. The normalized spacial score (nSPS) is 19.1. The maximum absolute atomic E-state index is 12.3. The monoisotopic (exact) mass is 321 g/mol. The van der Waals surface area contributed by atoms with Crippen molar-refractivity contribution in [2.24, 2.45) is 5.92 Å². The Bertz CT molecular complexity index is 573. The number of nitrogens with zero attached hydrogens (tertiary/aromatic N) is 5. The summed E-state index contributed by atoms with van der Waals surface area (Å²) in [6.45, 7) is 7.66. The van der Waals surface area contributed by atoms with Crippen molar-refractivity contribution in [2.75, 3.05) is 39.4 Å². The molecule has 0 radical (unpaired) electrons. The summed E-state index contributed by atoms with van der Waals surface area (Å²) in [6.07, 6.45) is 2.26. The SMILES string of the molecule is CC(C)CC(=O)N1CC(n2cc(C(=O)N3CCOCC3)nn2)C1. The lowest BCUT2D eigenvalue weighted by Gasteiger charge is -2.39. The smallest absolute Gasteiger partial charge is 0.276 e. The summed E-state index contributed by atoms with van der Waals surface area (Å²) in [5.41, 5.74) is 0.360. The largest absolute Gasteiger partial charge is 0.378 e. The van der Waals surface area contributed by atoms with Gasteiger partial charge < -0.3 is 14.5 Å². The van der Waals surface area contributed by atoms with Crippen molar-refractivity contribution in [3.05, 3.63) is 11.9 Å². The van der Waals surface area contributed by atoms with Crippen LogP contribution in [0.2, 0.25) is 0 Å². The fourth-order valence-electron chi connectivity index (χ4n) is 2.79. The van der Waals surface area contributed by atoms with E-state index < -0.39 is 0 Å². The molecule has 0 aliphatic carbocycles. The Labute approximate surface area is 135 Å². The van der Waals surface area contributed by atoms with Crippen molar-refractivity contribution in [3.63, 3.8) is 0 Å². The van der Waals surface area contributed by atoms with Gasteiger partial charge in [0.25, 0.3) is 5.91 Å². The van der Waals surface area contributed by atoms with Gasteiger partial charge in [-0.05, 0) is 5.92 Å². The van der Waals surface area contributed by atoms with E-state index in [-0.39, 0.29) is 17.9 Å². The van der Waals surface area contributed by atoms with Crippen LogP contribution in [0.5, 0.6) is 0 Å². The summed E-state index contributed by atoms with van der Waals surface area (Å²) in [5.74, 6) is 0.443. The molecule has 8 heteroatoms. The fourth-order valence-corrected chi connectivity index (χ4v) is 2.79. The molecular formula is C15H23N5O3. The number of carbonyl (C=O) groups is 2. The van der Waals surface area contributed by atoms with Gasteiger partial charge in [0, 0.05) is 32.6 Å². The van der Waals surface area contributed by atoms with E-state index in [0.29, 0.717) is 57.4 Å². The third-order valence-electron chi connectivity index (χ3n) is 4.20. The van der Waals surface area contributed by atoms with E-state index in [2.05, 4.69) is 10.3 Å². The topological polar surface area (TPSA) is 80.6 Å². The van der Waals surface area contributed by atoms with E-state index in [1.54, 1.807) is 15.8 Å². The standard InChI is InChI=1S/C15H23N5O3/c1-11(2)7-14(21)19-8-12(9-19)20-10-13(16-17-20)15(22)18-3-5-23-6-4-18/h10-12H,3-9H2,1-2H3. The molecule has 0 spiro atoms. The molecular weight excluding hydrogens is 298 g/mol. The van der Waals surface area contributed by atoms with Crippen LogP contribution in [0.15, 0.2) is 6.20 Å². The molecule has 1 aromatic rings. The van der Waals surface area contributed by atoms with Gasteiger partial charge in [-0.2, -0.15) is 0 Å². The number of amides is 2. The lowest BCUT2D eigenvalue weighted by molar-refractivity contribution is -0.138. The highest BCUT2D eigenvalue weighted by molar-refractivity contribution is 5.92. The molecule has 126 valence electrons. The highest BCUT2D eigenvalue weighted by Crippen LogP contribution is 2.22. The lowest BCUT2D eigenvalue weighted by Crippen LogP contribution is -2.51. The molecule has 3 rings (SSSR count). The molecule has 0 bridgehead atoms. The Hall–Kier alpha value is -1.96. The molecule has 0 unspecified atom stereocenters. The van der Waals surface area contributed by atoms with Gasteiger partial charge in [-0.25, -0.2) is 4.68 Å². The number of hydrogen-bond donors (Lipinski definition) is 0. The zero-order valence-electron chi connectivity index (χ0n) is 13.6. The minimum absolute atomic E-state index is 0.105. The second kappa shape index (κ2) is 6.66. The van der Waals surface area contributed by atoms with Crippen molar-refractivity contribution in [3.8, 4) is 0 Å². The van der Waals surface area contributed by atoms with Gasteiger partial charge in [-0.15, -0.1) is 5.10 Å². The summed E-state index contributed by atoms with van der Waals surface area (Å²) in [6, 6.07) is 0.116. The maximum atomic E-state index is 12.3. The Balaban J connectivity index is 1.54. The van der Waals surface area contributed by atoms with Crippen LogP contribution in [-0.2, 0) is 9.53 Å². The quantitative estimate of drug-likeness (QED) is 0.790. The number of morpholine rings is 1. The Morgan fingerprint density at radius 2 is 1.96 bits per heavy atom. The molecule has 0 atom stereocenters. The van der Waals surface area contributed by atoms with E-state index in [1.807, 2.05) is 18.7 Å². The van der Waals surface area contributed by atoms with Crippen LogP contribution in [0.3, 0.4) is 0 Å². The van der Waals surface area contributed by atoms with Gasteiger partial charge in [-0.1, -0.05) is 19.1 Å². The van der Waals surface area contributed by atoms with Crippen LogP contribution in [0.1, 0.15) is 36.8 Å². The molecule has 2 fully saturated rings. The van der Waals surface area contributed by atoms with Gasteiger partial charge in [0.15, 0.2) is 5.69 Å². The fraction of sp³-hybridized carbons (Fsp3) is 0.733. The third kappa shape index (κ3) is 3.52. The van der Waals surface area contributed by atoms with Crippen molar-refractivity contribution >= 4 is 11.8 Å². The first-order chi connectivity index (χ1) is 11.0. The summed E-state index contributed by atoms with van der Waals surface area (Å²) >= 11 is 0. The maximum Gasteiger partial charge on any atom is 0.276 e. The molecule has 8 nitrogen and oxygen atoms in total. The number of likely N-dealkylation sites (tertiary alicyclic amines) is 1. The van der Waals surface area contributed by atoms with Crippen LogP contribution in [0.25, 0.3) is 0 Å². The van der Waals surface area contributed by atoms with Gasteiger partial charge >= 0.3 is 0 Å². The molecule has 2 aliphatic rings. The van der Waals surface area contributed by atoms with E-state index in [4.69, 9.17) is 4.74 Å². The summed E-state index contributed by atoms with van der Waals surface area (Å²) in [7, 11) is 0. The molecule has 23 heavy (non-hydrogen) atoms. The third-order valence-corrected chi connectivity index (χ3v) is 4.20. The lowest BCUT2D eigenvalue weighted by atomic mass is 10.1. The molecule has 2 amide bonds. The van der Waals surface area contributed by atoms with Crippen LogP contribution in [-0.4, -0.2) is 76.0 Å². The van der Waals surface area contributed by atoms with Crippen molar-refractivity contribution in [1.82, 2.24) is 24.8 Å². The zero-order valence-corrected chi connectivity index (χ0v) is 13.6. The Morgan fingerprint density at radius 1 is 1.26 bits per heavy atom. The van der Waals surface area contributed by atoms with Gasteiger partial charge in [0.05, 0.1) is 25.5 Å². The molecule has 2 aliphatic heterocycles. The first kappa shape index (κ1) is 15.9. The predicted octanol–water partition coefficient (Wildman–Crippen LogP) is 0.180. The van der Waals surface area contributed by atoms with Gasteiger partial charge in [-0.3, -0.25) is 9.59 Å². The Morgan fingerprint density at radius 3 is 2.61 bits per heavy atom. The van der Waals surface area contributed by atoms with Crippen LogP contribution >= 0.6 is 0 Å². The molecule has 0 aromatic carbocycles. The molecule has 3 heterocycles. The van der Waals surface area contributed by atoms with Crippen molar-refractivity contribution < 1.29 is 14.3 Å². The second-order valence-electron chi connectivity index (χ2n) is 6.54. The average molecular weight is 321 g/mol. The first-order valence-electron chi connectivity index (χ1n) is 8.11. The summed E-state index contributed by atoms with van der Waals surface area (Å²) in [5, 5.41) is 8.05. The number of aromatic nitrogens is 3. The van der Waals surface area contributed by atoms with E-state index in [0.717, 1.165) is 0 Å². The zero-order chi connectivity index (χ0) is 16.4. The van der Waals surface area contributed by atoms with Gasteiger partial charge in [0.2, 0.25) is 5.91 Å². The van der Waals surface area contributed by atoms with Crippen molar-refractivity contribution in [1.29, 1.82) is 0 Å². The first-order valence-corrected chi connectivity index (χ1v) is 8.11. The van der Waals surface area contributed by atoms with E-state index in [9.17, 15) is 9.59 Å². The summed E-state index contributed by atoms with van der Waals surface area (Å²) < 4.78 is 6.95. The minimum Gasteiger partial charge on any atom is -0.378 e. The summed E-state index contributed by atoms with van der Waals surface area (Å²) in [4.78, 5) is 27.8. The number of rotatable bonds is 4. The van der Waals surface area contributed by atoms with Crippen LogP contribution < -0.4 is 0 Å². The van der Waals surface area contributed by atoms with Crippen LogP contribution in [0, 0.1) is 5.92 Å². The highest BCUT2D eigenvalue weighted by atomic mass is 16.5. The van der Waals surface area contributed by atoms with Crippen molar-refractivity contribution in [2.45, 2.75) is 26.3 Å². The van der Waals surface area contributed by atoms with Crippen LogP contribution in [0.4, 0.5) is 0 Å². The van der Waals surface area contributed by atoms with Gasteiger partial charge in [0.1, 0.15) is 0 Å². The number of hydrogen-bond acceptors (Lipinski definition) is 5.